The summed E-state index contributed by atoms with van der Waals surface area (Å²) >= 11 is 5.83. The summed E-state index contributed by atoms with van der Waals surface area (Å²) in [6.45, 7) is 0. The Kier molecular flexibility index (Phi) is 2.45. The molecule has 2 N–H and O–H groups in total. The summed E-state index contributed by atoms with van der Waals surface area (Å²) in [6.07, 6.45) is 0. The molecule has 3 aromatic rings. The molecule has 90 valence electrons. The lowest BCUT2D eigenvalue weighted by molar-refractivity contribution is 0.475. The number of H-pyrrole nitrogens is 1. The average Bonchev–Trinajstić information content (AvgIpc) is 2.78. The molecule has 1 heterocycles. The van der Waals surface area contributed by atoms with Crippen molar-refractivity contribution in [1.29, 1.82) is 0 Å². The SMILES string of the molecule is Oc1ccc(-c2nc3c(F)cccc3[nH]2)cc1Cl. The number of rotatable bonds is 1. The number of fused-ring (bicyclic) bond motifs is 1. The highest BCUT2D eigenvalue weighted by atomic mass is 35.5. The Morgan fingerprint density at radius 2 is 2.06 bits per heavy atom. The molecule has 3 rings (SSSR count). The molecule has 0 saturated heterocycles. The fourth-order valence-electron chi connectivity index (χ4n) is 1.79. The second-order valence-corrected chi connectivity index (χ2v) is 4.29. The first-order valence-corrected chi connectivity index (χ1v) is 5.66. The molecule has 1 aromatic heterocycles. The minimum absolute atomic E-state index is 0.00251. The van der Waals surface area contributed by atoms with Gasteiger partial charge in [-0.3, -0.25) is 0 Å². The van der Waals surface area contributed by atoms with Crippen molar-refractivity contribution in [2.45, 2.75) is 0 Å². The molecule has 0 atom stereocenters. The van der Waals surface area contributed by atoms with Crippen molar-refractivity contribution < 1.29 is 9.50 Å². The van der Waals surface area contributed by atoms with E-state index in [1.807, 2.05) is 0 Å². The number of aromatic nitrogens is 2. The van der Waals surface area contributed by atoms with Crippen LogP contribution in [0, 0.1) is 5.82 Å². The van der Waals surface area contributed by atoms with Crippen LogP contribution in [-0.4, -0.2) is 15.1 Å². The molecule has 3 nitrogen and oxygen atoms in total. The number of benzene rings is 2. The predicted octanol–water partition coefficient (Wildman–Crippen LogP) is 3.73. The van der Waals surface area contributed by atoms with Crippen molar-refractivity contribution in [2.75, 3.05) is 0 Å². The van der Waals surface area contributed by atoms with Gasteiger partial charge in [0.05, 0.1) is 10.5 Å². The average molecular weight is 263 g/mol. The Morgan fingerprint density at radius 1 is 1.22 bits per heavy atom. The number of halogens is 2. The highest BCUT2D eigenvalue weighted by molar-refractivity contribution is 6.32. The molecule has 0 bridgehead atoms. The summed E-state index contributed by atoms with van der Waals surface area (Å²) in [6, 6.07) is 9.43. The molecule has 5 heteroatoms. The predicted molar refractivity (Wildman–Crippen MR) is 68.2 cm³/mol. The molecule has 0 aliphatic rings. The van der Waals surface area contributed by atoms with Gasteiger partial charge in [0.2, 0.25) is 0 Å². The molecule has 0 saturated carbocycles. The monoisotopic (exact) mass is 262 g/mol. The Hall–Kier alpha value is -2.07. The molecule has 0 fully saturated rings. The molecule has 2 aromatic carbocycles. The summed E-state index contributed by atoms with van der Waals surface area (Å²) in [5.41, 5.74) is 1.60. The number of imidazole rings is 1. The van der Waals surface area contributed by atoms with E-state index in [9.17, 15) is 9.50 Å². The lowest BCUT2D eigenvalue weighted by Crippen LogP contribution is -1.80. The number of phenolic OH excluding ortho intramolecular Hbond substituents is 1. The number of nitrogens with one attached hydrogen (secondary N) is 1. The molecule has 0 aliphatic heterocycles. The summed E-state index contributed by atoms with van der Waals surface area (Å²) in [5.74, 6) is 0.139. The first kappa shape index (κ1) is 11.0. The van der Waals surface area contributed by atoms with Crippen LogP contribution in [0.1, 0.15) is 0 Å². The third kappa shape index (κ3) is 1.71. The lowest BCUT2D eigenvalue weighted by Gasteiger charge is -1.99. The summed E-state index contributed by atoms with van der Waals surface area (Å²) in [7, 11) is 0. The van der Waals surface area contributed by atoms with E-state index < -0.39 is 0 Å². The van der Waals surface area contributed by atoms with E-state index in [4.69, 9.17) is 11.6 Å². The van der Waals surface area contributed by atoms with Gasteiger partial charge in [-0.15, -0.1) is 0 Å². The van der Waals surface area contributed by atoms with Crippen molar-refractivity contribution in [3.8, 4) is 17.1 Å². The van der Waals surface area contributed by atoms with Crippen molar-refractivity contribution in [3.05, 3.63) is 47.2 Å². The van der Waals surface area contributed by atoms with Gasteiger partial charge in [-0.1, -0.05) is 17.7 Å². The number of nitrogens with zero attached hydrogens (tertiary/aromatic N) is 1. The van der Waals surface area contributed by atoms with E-state index in [0.717, 1.165) is 0 Å². The van der Waals surface area contributed by atoms with Crippen LogP contribution in [0.4, 0.5) is 4.39 Å². The van der Waals surface area contributed by atoms with Crippen molar-refractivity contribution in [1.82, 2.24) is 9.97 Å². The van der Waals surface area contributed by atoms with Crippen LogP contribution in [0.25, 0.3) is 22.4 Å². The van der Waals surface area contributed by atoms with E-state index in [0.29, 0.717) is 16.9 Å². The zero-order valence-electron chi connectivity index (χ0n) is 9.11. The van der Waals surface area contributed by atoms with Crippen molar-refractivity contribution in [3.63, 3.8) is 0 Å². The third-order valence-electron chi connectivity index (χ3n) is 2.68. The van der Waals surface area contributed by atoms with Crippen LogP contribution in [0.3, 0.4) is 0 Å². The topological polar surface area (TPSA) is 48.9 Å². The van der Waals surface area contributed by atoms with Crippen LogP contribution in [-0.2, 0) is 0 Å². The van der Waals surface area contributed by atoms with Gasteiger partial charge in [0.25, 0.3) is 0 Å². The van der Waals surface area contributed by atoms with Gasteiger partial charge < -0.3 is 10.1 Å². The summed E-state index contributed by atoms with van der Waals surface area (Å²) in [5, 5.41) is 9.58. The van der Waals surface area contributed by atoms with E-state index in [2.05, 4.69) is 9.97 Å². The fourth-order valence-corrected chi connectivity index (χ4v) is 1.97. The van der Waals surface area contributed by atoms with Crippen molar-refractivity contribution >= 4 is 22.6 Å². The third-order valence-corrected chi connectivity index (χ3v) is 2.99. The number of aromatic hydroxyl groups is 1. The van der Waals surface area contributed by atoms with Crippen LogP contribution in [0.2, 0.25) is 5.02 Å². The van der Waals surface area contributed by atoms with Gasteiger partial charge >= 0.3 is 0 Å². The van der Waals surface area contributed by atoms with E-state index in [-0.39, 0.29) is 22.1 Å². The number of hydrogen-bond donors (Lipinski definition) is 2. The minimum atomic E-state index is -0.375. The number of aromatic amines is 1. The normalized spacial score (nSPS) is 11.0. The van der Waals surface area contributed by atoms with E-state index in [1.54, 1.807) is 24.3 Å². The molecule has 0 spiro atoms. The van der Waals surface area contributed by atoms with Crippen LogP contribution in [0.15, 0.2) is 36.4 Å². The van der Waals surface area contributed by atoms with Crippen molar-refractivity contribution in [2.24, 2.45) is 0 Å². The highest BCUT2D eigenvalue weighted by Gasteiger charge is 2.09. The first-order chi connectivity index (χ1) is 8.65. The smallest absolute Gasteiger partial charge is 0.151 e. The second-order valence-electron chi connectivity index (χ2n) is 3.89. The maximum atomic E-state index is 13.5. The summed E-state index contributed by atoms with van der Waals surface area (Å²) < 4.78 is 13.5. The number of para-hydroxylation sites is 1. The largest absolute Gasteiger partial charge is 0.506 e. The fraction of sp³-hybridized carbons (Fsp3) is 0. The molecule has 0 amide bonds. The van der Waals surface area contributed by atoms with Crippen LogP contribution in [0.5, 0.6) is 5.75 Å². The van der Waals surface area contributed by atoms with Gasteiger partial charge in [-0.05, 0) is 30.3 Å². The molecular formula is C13H8ClFN2O. The molecular weight excluding hydrogens is 255 g/mol. The number of phenols is 1. The van der Waals surface area contributed by atoms with Crippen LogP contribution >= 0.6 is 11.6 Å². The van der Waals surface area contributed by atoms with Gasteiger partial charge in [0.1, 0.15) is 17.1 Å². The van der Waals surface area contributed by atoms with Gasteiger partial charge in [0.15, 0.2) is 5.82 Å². The van der Waals surface area contributed by atoms with Crippen LogP contribution < -0.4 is 0 Å². The lowest BCUT2D eigenvalue weighted by atomic mass is 10.2. The van der Waals surface area contributed by atoms with Gasteiger partial charge in [-0.25, -0.2) is 9.37 Å². The second kappa shape index (κ2) is 3.99. The molecule has 18 heavy (non-hydrogen) atoms. The highest BCUT2D eigenvalue weighted by Crippen LogP contribution is 2.29. The zero-order valence-corrected chi connectivity index (χ0v) is 9.87. The molecule has 0 unspecified atom stereocenters. The van der Waals surface area contributed by atoms with Gasteiger partial charge in [-0.2, -0.15) is 0 Å². The Labute approximate surface area is 107 Å². The minimum Gasteiger partial charge on any atom is -0.506 e. The maximum Gasteiger partial charge on any atom is 0.151 e. The first-order valence-electron chi connectivity index (χ1n) is 5.28. The summed E-state index contributed by atoms with van der Waals surface area (Å²) in [4.78, 5) is 7.19. The molecule has 0 aliphatic carbocycles. The Balaban J connectivity index is 2.19. The standard InChI is InChI=1S/C13H8ClFN2O/c14-8-6-7(4-5-11(8)18)13-16-10-3-1-2-9(15)12(10)17-13/h1-6,18H,(H,16,17). The molecule has 0 radical (unpaired) electrons. The Morgan fingerprint density at radius 3 is 2.78 bits per heavy atom. The maximum absolute atomic E-state index is 13.5. The quantitative estimate of drug-likeness (QED) is 0.702. The Bertz CT molecular complexity index is 739. The van der Waals surface area contributed by atoms with E-state index >= 15 is 0 Å². The zero-order chi connectivity index (χ0) is 12.7. The number of hydrogen-bond acceptors (Lipinski definition) is 2. The van der Waals surface area contributed by atoms with E-state index in [1.165, 1.54) is 12.1 Å². The van der Waals surface area contributed by atoms with Gasteiger partial charge in [0, 0.05) is 5.56 Å².